The number of hydrogen-bond acceptors (Lipinski definition) is 4. The second-order valence-electron chi connectivity index (χ2n) is 4.79. The summed E-state index contributed by atoms with van der Waals surface area (Å²) in [6, 6.07) is 8.18. The summed E-state index contributed by atoms with van der Waals surface area (Å²) >= 11 is 0. The van der Waals surface area contributed by atoms with Crippen molar-refractivity contribution in [1.29, 1.82) is 0 Å². The lowest BCUT2D eigenvalue weighted by Crippen LogP contribution is -1.96. The van der Waals surface area contributed by atoms with Gasteiger partial charge in [0.1, 0.15) is 24.0 Å². The van der Waals surface area contributed by atoms with Gasteiger partial charge in [-0.3, -0.25) is 5.10 Å². The van der Waals surface area contributed by atoms with Crippen molar-refractivity contribution >= 4 is 6.08 Å². The quantitative estimate of drug-likeness (QED) is 0.759. The molecule has 0 saturated heterocycles. The number of rotatable bonds is 5. The Morgan fingerprint density at radius 1 is 1.27 bits per heavy atom. The van der Waals surface area contributed by atoms with Gasteiger partial charge in [0.15, 0.2) is 5.82 Å². The monoisotopic (exact) mass is 299 g/mol. The van der Waals surface area contributed by atoms with E-state index in [4.69, 9.17) is 4.42 Å². The van der Waals surface area contributed by atoms with Crippen molar-refractivity contribution in [1.82, 2.24) is 15.2 Å². The maximum absolute atomic E-state index is 12.9. The zero-order valence-electron chi connectivity index (χ0n) is 11.6. The minimum Gasteiger partial charge on any atom is -0.465 e. The van der Waals surface area contributed by atoms with Crippen molar-refractivity contribution in [2.75, 3.05) is 0 Å². The molecule has 1 atom stereocenters. The number of furan rings is 1. The molecule has 0 saturated carbocycles. The highest BCUT2D eigenvalue weighted by atomic mass is 19.1. The Balaban J connectivity index is 1.73. The summed E-state index contributed by atoms with van der Waals surface area (Å²) in [5, 5.41) is 16.2. The molecule has 2 aromatic heterocycles. The summed E-state index contributed by atoms with van der Waals surface area (Å²) in [5.74, 6) is 0.747. The summed E-state index contributed by atoms with van der Waals surface area (Å²) in [7, 11) is 0. The number of nitrogens with zero attached hydrogens (tertiary/aromatic N) is 2. The van der Waals surface area contributed by atoms with E-state index in [9.17, 15) is 9.50 Å². The topological polar surface area (TPSA) is 74.9 Å². The summed E-state index contributed by atoms with van der Waals surface area (Å²) in [4.78, 5) is 3.88. The number of benzene rings is 1. The Morgan fingerprint density at radius 2 is 2.09 bits per heavy atom. The van der Waals surface area contributed by atoms with E-state index < -0.39 is 6.10 Å². The van der Waals surface area contributed by atoms with Crippen LogP contribution in [-0.2, 0) is 6.42 Å². The van der Waals surface area contributed by atoms with E-state index in [0.29, 0.717) is 18.0 Å². The molecule has 0 aliphatic heterocycles. The third-order valence-corrected chi connectivity index (χ3v) is 3.23. The van der Waals surface area contributed by atoms with Crippen LogP contribution in [0.3, 0.4) is 0 Å². The van der Waals surface area contributed by atoms with Crippen LogP contribution in [-0.4, -0.2) is 20.3 Å². The molecule has 0 amide bonds. The first-order valence-electron chi connectivity index (χ1n) is 6.75. The van der Waals surface area contributed by atoms with Gasteiger partial charge < -0.3 is 9.52 Å². The molecule has 3 rings (SSSR count). The van der Waals surface area contributed by atoms with E-state index in [1.165, 1.54) is 18.5 Å². The molecule has 112 valence electrons. The molecular weight excluding hydrogens is 285 g/mol. The van der Waals surface area contributed by atoms with Crippen LogP contribution in [0, 0.1) is 5.82 Å². The minimum atomic E-state index is -0.883. The Bertz CT molecular complexity index is 748. The first-order chi connectivity index (χ1) is 10.7. The van der Waals surface area contributed by atoms with Crippen LogP contribution in [0.1, 0.15) is 28.8 Å². The van der Waals surface area contributed by atoms with Gasteiger partial charge in [0, 0.05) is 12.0 Å². The van der Waals surface area contributed by atoms with E-state index in [1.807, 2.05) is 6.07 Å². The lowest BCUT2D eigenvalue weighted by molar-refractivity contribution is 0.219. The summed E-state index contributed by atoms with van der Waals surface area (Å²) in [6.07, 6.45) is 5.90. The Labute approximate surface area is 126 Å². The molecule has 0 spiro atoms. The Hall–Kier alpha value is -2.73. The lowest BCUT2D eigenvalue weighted by atomic mass is 10.1. The number of aliphatic hydroxyl groups excluding tert-OH is 1. The number of aromatic amines is 1. The van der Waals surface area contributed by atoms with Gasteiger partial charge in [0.2, 0.25) is 0 Å². The number of H-pyrrole nitrogens is 1. The van der Waals surface area contributed by atoms with Crippen LogP contribution < -0.4 is 0 Å². The molecule has 1 unspecified atom stereocenters. The van der Waals surface area contributed by atoms with Crippen LogP contribution in [0.4, 0.5) is 4.39 Å². The fourth-order valence-corrected chi connectivity index (χ4v) is 2.09. The van der Waals surface area contributed by atoms with Gasteiger partial charge in [-0.25, -0.2) is 9.37 Å². The Kier molecular flexibility index (Phi) is 4.11. The average Bonchev–Trinajstić information content (AvgIpc) is 3.19. The summed E-state index contributed by atoms with van der Waals surface area (Å²) in [6.45, 7) is 0. The van der Waals surface area contributed by atoms with Crippen LogP contribution in [0.5, 0.6) is 0 Å². The van der Waals surface area contributed by atoms with Gasteiger partial charge in [0.05, 0.1) is 6.26 Å². The highest BCUT2D eigenvalue weighted by Crippen LogP contribution is 2.19. The first kappa shape index (κ1) is 14.2. The number of nitrogens with one attached hydrogen (secondary N) is 1. The van der Waals surface area contributed by atoms with Crippen LogP contribution >= 0.6 is 0 Å². The molecule has 2 N–H and O–H groups in total. The van der Waals surface area contributed by atoms with E-state index >= 15 is 0 Å². The van der Waals surface area contributed by atoms with Crippen LogP contribution in [0.2, 0.25) is 0 Å². The molecule has 22 heavy (non-hydrogen) atoms. The molecule has 0 bridgehead atoms. The van der Waals surface area contributed by atoms with Crippen molar-refractivity contribution in [3.63, 3.8) is 0 Å². The van der Waals surface area contributed by atoms with Gasteiger partial charge in [-0.2, -0.15) is 5.10 Å². The van der Waals surface area contributed by atoms with Crippen LogP contribution in [0.25, 0.3) is 6.08 Å². The zero-order chi connectivity index (χ0) is 15.4. The van der Waals surface area contributed by atoms with Crippen molar-refractivity contribution in [3.05, 3.63) is 77.5 Å². The number of aromatic nitrogens is 3. The number of aliphatic hydroxyl groups is 1. The molecule has 1 aromatic carbocycles. The van der Waals surface area contributed by atoms with E-state index in [0.717, 1.165) is 11.1 Å². The third-order valence-electron chi connectivity index (χ3n) is 3.23. The largest absolute Gasteiger partial charge is 0.465 e. The van der Waals surface area contributed by atoms with E-state index in [2.05, 4.69) is 15.2 Å². The standard InChI is InChI=1S/C16H14FN3O2/c17-13-3-1-11(2-4-13)9-12-7-8-22-15(12)6-5-14(21)16-18-10-19-20-16/h1-8,10,14,21H,9H2,(H,18,19,20). The van der Waals surface area contributed by atoms with Crippen molar-refractivity contribution in [2.45, 2.75) is 12.5 Å². The molecule has 6 heteroatoms. The third kappa shape index (κ3) is 3.29. The van der Waals surface area contributed by atoms with Crippen molar-refractivity contribution < 1.29 is 13.9 Å². The average molecular weight is 299 g/mol. The molecule has 5 nitrogen and oxygen atoms in total. The smallest absolute Gasteiger partial charge is 0.157 e. The fraction of sp³-hybridized carbons (Fsp3) is 0.125. The normalized spacial score (nSPS) is 12.8. The highest BCUT2D eigenvalue weighted by Gasteiger charge is 2.08. The highest BCUT2D eigenvalue weighted by molar-refractivity contribution is 5.49. The summed E-state index contributed by atoms with van der Waals surface area (Å²) in [5.41, 5.74) is 1.93. The van der Waals surface area contributed by atoms with Gasteiger partial charge in [-0.05, 0) is 35.9 Å². The molecule has 0 aliphatic carbocycles. The lowest BCUT2D eigenvalue weighted by Gasteiger charge is -2.02. The van der Waals surface area contributed by atoms with Gasteiger partial charge >= 0.3 is 0 Å². The SMILES string of the molecule is OC(C=Cc1occc1Cc1ccc(F)cc1)c1ncn[nH]1. The second-order valence-corrected chi connectivity index (χ2v) is 4.79. The molecule has 0 radical (unpaired) electrons. The maximum Gasteiger partial charge on any atom is 0.157 e. The van der Waals surface area contributed by atoms with E-state index in [-0.39, 0.29) is 5.82 Å². The first-order valence-corrected chi connectivity index (χ1v) is 6.75. The van der Waals surface area contributed by atoms with Gasteiger partial charge in [0.25, 0.3) is 0 Å². The van der Waals surface area contributed by atoms with Gasteiger partial charge in [-0.15, -0.1) is 0 Å². The predicted octanol–water partition coefficient (Wildman–Crippen LogP) is 2.87. The number of hydrogen-bond donors (Lipinski definition) is 2. The molecule has 0 aliphatic rings. The molecule has 3 aromatic rings. The predicted molar refractivity (Wildman–Crippen MR) is 78.3 cm³/mol. The zero-order valence-corrected chi connectivity index (χ0v) is 11.6. The summed E-state index contributed by atoms with van der Waals surface area (Å²) < 4.78 is 18.3. The number of halogens is 1. The molecule has 0 fully saturated rings. The van der Waals surface area contributed by atoms with Crippen LogP contribution in [0.15, 0.2) is 53.4 Å². The molecular formula is C16H14FN3O2. The van der Waals surface area contributed by atoms with Gasteiger partial charge in [-0.1, -0.05) is 12.1 Å². The van der Waals surface area contributed by atoms with Crippen molar-refractivity contribution in [2.24, 2.45) is 0 Å². The second kappa shape index (κ2) is 6.36. The maximum atomic E-state index is 12.9. The minimum absolute atomic E-state index is 0.258. The van der Waals surface area contributed by atoms with E-state index in [1.54, 1.807) is 30.5 Å². The Morgan fingerprint density at radius 3 is 2.82 bits per heavy atom. The van der Waals surface area contributed by atoms with Crippen molar-refractivity contribution in [3.8, 4) is 0 Å². The molecule has 2 heterocycles. The fourth-order valence-electron chi connectivity index (χ4n) is 2.09.